The molecule has 1 aliphatic heterocycles. The van der Waals surface area contributed by atoms with Gasteiger partial charge in [-0.1, -0.05) is 26.7 Å². The first-order valence-corrected chi connectivity index (χ1v) is 8.02. The minimum Gasteiger partial charge on any atom is -0.372 e. The second-order valence-electron chi connectivity index (χ2n) is 6.88. The monoisotopic (exact) mass is 277 g/mol. The number of aromatic nitrogens is 2. The molecular weight excluding hydrogens is 250 g/mol. The number of morpholine rings is 1. The van der Waals surface area contributed by atoms with Crippen LogP contribution in [0, 0.1) is 5.92 Å². The van der Waals surface area contributed by atoms with Crippen LogP contribution in [0.5, 0.6) is 0 Å². The zero-order valence-corrected chi connectivity index (χ0v) is 12.8. The van der Waals surface area contributed by atoms with Gasteiger partial charge in [-0.05, 0) is 18.8 Å². The van der Waals surface area contributed by atoms with Crippen molar-refractivity contribution in [1.29, 1.82) is 0 Å². The van der Waals surface area contributed by atoms with Gasteiger partial charge in [0.15, 0.2) is 0 Å². The number of rotatable bonds is 4. The van der Waals surface area contributed by atoms with E-state index in [1.807, 2.05) is 12.5 Å². The molecule has 1 aromatic rings. The topological polar surface area (TPSA) is 30.3 Å². The molecule has 0 aromatic carbocycles. The summed E-state index contributed by atoms with van der Waals surface area (Å²) in [6, 6.07) is 0. The Labute approximate surface area is 122 Å². The molecule has 4 heteroatoms. The van der Waals surface area contributed by atoms with Crippen molar-refractivity contribution < 1.29 is 4.74 Å². The molecule has 0 unspecified atom stereocenters. The van der Waals surface area contributed by atoms with Crippen molar-refractivity contribution in [2.45, 2.75) is 58.2 Å². The molecule has 2 aliphatic rings. The molecule has 1 saturated carbocycles. The fraction of sp³-hybridized carbons (Fsp3) is 0.812. The summed E-state index contributed by atoms with van der Waals surface area (Å²) in [5.41, 5.74) is 1.51. The van der Waals surface area contributed by atoms with E-state index in [2.05, 4.69) is 28.3 Å². The number of hydrogen-bond acceptors (Lipinski definition) is 3. The minimum atomic E-state index is 0.168. The van der Waals surface area contributed by atoms with E-state index in [1.165, 1.54) is 31.4 Å². The molecule has 0 bridgehead atoms. The number of nitrogens with zero attached hydrogens (tertiary/aromatic N) is 3. The smallest absolute Gasteiger partial charge is 0.0948 e. The Balaban J connectivity index is 1.64. The van der Waals surface area contributed by atoms with E-state index in [4.69, 9.17) is 4.74 Å². The van der Waals surface area contributed by atoms with E-state index in [1.54, 1.807) is 0 Å². The number of ether oxygens (including phenoxy) is 1. The first kappa shape index (κ1) is 14.1. The van der Waals surface area contributed by atoms with Crippen molar-refractivity contribution in [2.24, 2.45) is 5.92 Å². The van der Waals surface area contributed by atoms with Gasteiger partial charge in [0.05, 0.1) is 24.2 Å². The molecule has 112 valence electrons. The maximum absolute atomic E-state index is 6.11. The highest BCUT2D eigenvalue weighted by Gasteiger charge is 2.39. The van der Waals surface area contributed by atoms with Gasteiger partial charge in [-0.15, -0.1) is 0 Å². The van der Waals surface area contributed by atoms with Gasteiger partial charge in [0, 0.05) is 32.4 Å². The molecule has 1 aliphatic carbocycles. The van der Waals surface area contributed by atoms with Crippen LogP contribution in [0.15, 0.2) is 12.5 Å². The van der Waals surface area contributed by atoms with E-state index in [9.17, 15) is 0 Å². The molecule has 1 aromatic heterocycles. The van der Waals surface area contributed by atoms with Crippen LogP contribution >= 0.6 is 0 Å². The van der Waals surface area contributed by atoms with Crippen molar-refractivity contribution in [3.8, 4) is 0 Å². The standard InChI is InChI=1S/C16H27N3O/c1-14(2)10-19-13-17-9-15(19)11-18-7-8-20-16(12-18)5-3-4-6-16/h9,13-14H,3-8,10-12H2,1-2H3. The molecule has 1 spiro atoms. The predicted molar refractivity (Wildman–Crippen MR) is 79.5 cm³/mol. The third-order valence-electron chi connectivity index (χ3n) is 4.59. The van der Waals surface area contributed by atoms with Gasteiger partial charge in [0.25, 0.3) is 0 Å². The maximum atomic E-state index is 6.11. The molecule has 1 saturated heterocycles. The SMILES string of the molecule is CC(C)Cn1cncc1CN1CCOC2(CCCC2)C1. The Morgan fingerprint density at radius 3 is 2.90 bits per heavy atom. The molecule has 0 N–H and O–H groups in total. The first-order valence-electron chi connectivity index (χ1n) is 8.02. The lowest BCUT2D eigenvalue weighted by atomic mass is 9.99. The predicted octanol–water partition coefficient (Wildman–Crippen LogP) is 2.68. The van der Waals surface area contributed by atoms with E-state index in [0.717, 1.165) is 32.8 Å². The number of hydrogen-bond donors (Lipinski definition) is 0. The van der Waals surface area contributed by atoms with E-state index in [0.29, 0.717) is 5.92 Å². The molecule has 4 nitrogen and oxygen atoms in total. The second kappa shape index (κ2) is 5.86. The number of imidazole rings is 1. The normalized spacial score (nSPS) is 22.9. The Bertz CT molecular complexity index is 435. The highest BCUT2D eigenvalue weighted by atomic mass is 16.5. The zero-order chi connectivity index (χ0) is 14.0. The van der Waals surface area contributed by atoms with Crippen molar-refractivity contribution in [3.05, 3.63) is 18.2 Å². The highest BCUT2D eigenvalue weighted by molar-refractivity contribution is 5.01. The fourth-order valence-corrected chi connectivity index (χ4v) is 3.65. The second-order valence-corrected chi connectivity index (χ2v) is 6.88. The van der Waals surface area contributed by atoms with Gasteiger partial charge < -0.3 is 9.30 Å². The summed E-state index contributed by atoms with van der Waals surface area (Å²) >= 11 is 0. The Kier molecular flexibility index (Phi) is 4.13. The quantitative estimate of drug-likeness (QED) is 0.847. The van der Waals surface area contributed by atoms with E-state index >= 15 is 0 Å². The van der Waals surface area contributed by atoms with E-state index < -0.39 is 0 Å². The van der Waals surface area contributed by atoms with E-state index in [-0.39, 0.29) is 5.60 Å². The van der Waals surface area contributed by atoms with Crippen LogP contribution in [0.4, 0.5) is 0 Å². The third-order valence-corrected chi connectivity index (χ3v) is 4.59. The molecule has 2 fully saturated rings. The molecule has 2 heterocycles. The summed E-state index contributed by atoms with van der Waals surface area (Å²) in [4.78, 5) is 6.89. The average molecular weight is 277 g/mol. The van der Waals surface area contributed by atoms with Crippen LogP contribution in [-0.4, -0.2) is 39.7 Å². The van der Waals surface area contributed by atoms with Crippen molar-refractivity contribution in [1.82, 2.24) is 14.5 Å². The molecule has 20 heavy (non-hydrogen) atoms. The molecule has 0 atom stereocenters. The summed E-state index contributed by atoms with van der Waals surface area (Å²) in [6.45, 7) is 9.62. The van der Waals surface area contributed by atoms with Crippen LogP contribution in [0.3, 0.4) is 0 Å². The van der Waals surface area contributed by atoms with Crippen molar-refractivity contribution in [3.63, 3.8) is 0 Å². The van der Waals surface area contributed by atoms with Crippen LogP contribution in [0.1, 0.15) is 45.2 Å². The van der Waals surface area contributed by atoms with Gasteiger partial charge in [-0.3, -0.25) is 4.90 Å². The molecule has 3 rings (SSSR count). The third kappa shape index (κ3) is 3.07. The minimum absolute atomic E-state index is 0.168. The average Bonchev–Trinajstić information content (AvgIpc) is 3.00. The van der Waals surface area contributed by atoms with Crippen molar-refractivity contribution in [2.75, 3.05) is 19.7 Å². The summed E-state index contributed by atoms with van der Waals surface area (Å²) in [5.74, 6) is 0.661. The van der Waals surface area contributed by atoms with Gasteiger partial charge in [0.2, 0.25) is 0 Å². The van der Waals surface area contributed by atoms with Gasteiger partial charge >= 0.3 is 0 Å². The Hall–Kier alpha value is -0.870. The van der Waals surface area contributed by atoms with Gasteiger partial charge in [-0.25, -0.2) is 4.98 Å². The fourth-order valence-electron chi connectivity index (χ4n) is 3.65. The summed E-state index contributed by atoms with van der Waals surface area (Å²) < 4.78 is 8.41. The van der Waals surface area contributed by atoms with Crippen LogP contribution < -0.4 is 0 Å². The van der Waals surface area contributed by atoms with Crippen molar-refractivity contribution >= 4 is 0 Å². The summed E-state index contributed by atoms with van der Waals surface area (Å²) in [7, 11) is 0. The zero-order valence-electron chi connectivity index (χ0n) is 12.8. The Morgan fingerprint density at radius 2 is 2.15 bits per heavy atom. The van der Waals surface area contributed by atoms with Gasteiger partial charge in [-0.2, -0.15) is 0 Å². The lowest BCUT2D eigenvalue weighted by Crippen LogP contribution is -2.50. The Morgan fingerprint density at radius 1 is 1.35 bits per heavy atom. The maximum Gasteiger partial charge on any atom is 0.0948 e. The molecular formula is C16H27N3O. The lowest BCUT2D eigenvalue weighted by molar-refractivity contribution is -0.107. The summed E-state index contributed by atoms with van der Waals surface area (Å²) in [6.07, 6.45) is 9.15. The largest absolute Gasteiger partial charge is 0.372 e. The van der Waals surface area contributed by atoms with Crippen LogP contribution in [-0.2, 0) is 17.8 Å². The highest BCUT2D eigenvalue weighted by Crippen LogP contribution is 2.36. The van der Waals surface area contributed by atoms with Crippen LogP contribution in [0.25, 0.3) is 0 Å². The van der Waals surface area contributed by atoms with Gasteiger partial charge in [0.1, 0.15) is 0 Å². The first-order chi connectivity index (χ1) is 9.67. The summed E-state index contributed by atoms with van der Waals surface area (Å²) in [5, 5.41) is 0. The molecule has 0 amide bonds. The van der Waals surface area contributed by atoms with Crippen LogP contribution in [0.2, 0.25) is 0 Å². The lowest BCUT2D eigenvalue weighted by Gasteiger charge is -2.40. The molecule has 0 radical (unpaired) electrons.